The van der Waals surface area contributed by atoms with E-state index in [1.54, 1.807) is 11.9 Å². The lowest BCUT2D eigenvalue weighted by molar-refractivity contribution is -0.322. The quantitative estimate of drug-likeness (QED) is 0.625. The third kappa shape index (κ3) is 4.05. The van der Waals surface area contributed by atoms with E-state index in [-0.39, 0.29) is 12.1 Å². The first-order valence-corrected chi connectivity index (χ1v) is 5.10. The highest BCUT2D eigenvalue weighted by atomic mass is 17.2. The van der Waals surface area contributed by atoms with E-state index < -0.39 is 5.60 Å². The van der Waals surface area contributed by atoms with Crippen LogP contribution in [0, 0.1) is 0 Å². The molecule has 1 heterocycles. The van der Waals surface area contributed by atoms with Gasteiger partial charge >= 0.3 is 6.09 Å². The van der Waals surface area contributed by atoms with Crippen molar-refractivity contribution in [2.75, 3.05) is 20.3 Å². The van der Waals surface area contributed by atoms with Crippen LogP contribution >= 0.6 is 0 Å². The fraction of sp³-hybridized carbons (Fsp3) is 0.900. The Bertz CT molecular complexity index is 218. The molecule has 1 aliphatic heterocycles. The van der Waals surface area contributed by atoms with Gasteiger partial charge in [-0.05, 0) is 27.2 Å². The normalized spacial score (nSPS) is 22.3. The van der Waals surface area contributed by atoms with Crippen LogP contribution in [-0.2, 0) is 14.5 Å². The minimum absolute atomic E-state index is 0.0357. The summed E-state index contributed by atoms with van der Waals surface area (Å²) in [6, 6.07) is 0.0357. The maximum absolute atomic E-state index is 11.7. The van der Waals surface area contributed by atoms with E-state index in [1.165, 1.54) is 0 Å². The zero-order chi connectivity index (χ0) is 11.5. The molecular formula is C10H19NO4. The number of amides is 1. The second kappa shape index (κ2) is 4.81. The van der Waals surface area contributed by atoms with Gasteiger partial charge in [0.25, 0.3) is 0 Å². The Balaban J connectivity index is 2.44. The molecule has 5 nitrogen and oxygen atoms in total. The van der Waals surface area contributed by atoms with Crippen molar-refractivity contribution in [1.82, 2.24) is 4.90 Å². The number of rotatable bonds is 1. The third-order valence-electron chi connectivity index (χ3n) is 2.11. The van der Waals surface area contributed by atoms with Gasteiger partial charge in [-0.3, -0.25) is 0 Å². The summed E-state index contributed by atoms with van der Waals surface area (Å²) in [7, 11) is 1.72. The molecule has 88 valence electrons. The molecule has 0 N–H and O–H groups in total. The summed E-state index contributed by atoms with van der Waals surface area (Å²) in [6.45, 7) is 6.45. The number of hydrogen-bond donors (Lipinski definition) is 0. The third-order valence-corrected chi connectivity index (χ3v) is 2.11. The Morgan fingerprint density at radius 1 is 1.40 bits per heavy atom. The molecule has 0 aliphatic carbocycles. The second-order valence-electron chi connectivity index (χ2n) is 4.64. The molecule has 0 aromatic heterocycles. The summed E-state index contributed by atoms with van der Waals surface area (Å²) >= 11 is 0. The molecule has 0 spiro atoms. The van der Waals surface area contributed by atoms with Gasteiger partial charge in [-0.1, -0.05) is 0 Å². The van der Waals surface area contributed by atoms with Crippen molar-refractivity contribution in [2.45, 2.75) is 38.8 Å². The lowest BCUT2D eigenvalue weighted by Crippen LogP contribution is -2.45. The molecule has 1 unspecified atom stereocenters. The molecule has 0 radical (unpaired) electrons. The fourth-order valence-electron chi connectivity index (χ4n) is 1.24. The molecule has 1 amide bonds. The highest BCUT2D eigenvalue weighted by molar-refractivity contribution is 5.68. The van der Waals surface area contributed by atoms with Crippen molar-refractivity contribution < 1.29 is 19.3 Å². The summed E-state index contributed by atoms with van der Waals surface area (Å²) in [6.07, 6.45) is 0.452. The number of carbonyl (C=O) groups is 1. The van der Waals surface area contributed by atoms with Crippen molar-refractivity contribution in [1.29, 1.82) is 0 Å². The average Bonchev–Trinajstić information content (AvgIpc) is 2.15. The maximum Gasteiger partial charge on any atom is 0.410 e. The smallest absolute Gasteiger partial charge is 0.410 e. The van der Waals surface area contributed by atoms with E-state index in [1.807, 2.05) is 20.8 Å². The number of carbonyl (C=O) groups excluding carboxylic acids is 1. The SMILES string of the molecule is CN(C(=O)OC(C)(C)C)C1CCOOC1. The van der Waals surface area contributed by atoms with Crippen LogP contribution in [0.25, 0.3) is 0 Å². The summed E-state index contributed by atoms with van der Waals surface area (Å²) in [5.74, 6) is 0. The summed E-state index contributed by atoms with van der Waals surface area (Å²) < 4.78 is 5.24. The van der Waals surface area contributed by atoms with E-state index in [4.69, 9.17) is 14.5 Å². The van der Waals surface area contributed by atoms with Crippen LogP contribution in [0.4, 0.5) is 4.79 Å². The van der Waals surface area contributed by atoms with Crippen LogP contribution < -0.4 is 0 Å². The van der Waals surface area contributed by atoms with Crippen LogP contribution in [0.15, 0.2) is 0 Å². The van der Waals surface area contributed by atoms with Crippen LogP contribution in [0.5, 0.6) is 0 Å². The molecular weight excluding hydrogens is 198 g/mol. The first-order chi connectivity index (χ1) is 6.90. The lowest BCUT2D eigenvalue weighted by atomic mass is 10.2. The molecule has 1 rings (SSSR count). The van der Waals surface area contributed by atoms with Gasteiger partial charge in [-0.15, -0.1) is 0 Å². The topological polar surface area (TPSA) is 48.0 Å². The van der Waals surface area contributed by atoms with Crippen LogP contribution in [-0.4, -0.2) is 42.9 Å². The highest BCUT2D eigenvalue weighted by Crippen LogP contribution is 2.14. The van der Waals surface area contributed by atoms with Gasteiger partial charge in [0.2, 0.25) is 0 Å². The second-order valence-corrected chi connectivity index (χ2v) is 4.64. The minimum atomic E-state index is -0.461. The van der Waals surface area contributed by atoms with Gasteiger partial charge in [-0.25, -0.2) is 14.6 Å². The number of ether oxygens (including phenoxy) is 1. The van der Waals surface area contributed by atoms with E-state index in [9.17, 15) is 4.79 Å². The van der Waals surface area contributed by atoms with E-state index >= 15 is 0 Å². The Morgan fingerprint density at radius 2 is 2.07 bits per heavy atom. The Hall–Kier alpha value is -0.810. The zero-order valence-corrected chi connectivity index (χ0v) is 9.78. The van der Waals surface area contributed by atoms with Crippen molar-refractivity contribution in [3.8, 4) is 0 Å². The first-order valence-electron chi connectivity index (χ1n) is 5.10. The predicted molar refractivity (Wildman–Crippen MR) is 54.3 cm³/mol. The van der Waals surface area contributed by atoms with Crippen molar-refractivity contribution in [3.63, 3.8) is 0 Å². The van der Waals surface area contributed by atoms with Crippen LogP contribution in [0.2, 0.25) is 0 Å². The largest absolute Gasteiger partial charge is 0.444 e. The highest BCUT2D eigenvalue weighted by Gasteiger charge is 2.27. The molecule has 0 saturated carbocycles. The van der Waals surface area contributed by atoms with E-state index in [0.29, 0.717) is 13.2 Å². The first kappa shape index (κ1) is 12.3. The Labute approximate surface area is 90.2 Å². The molecule has 1 aliphatic rings. The standard InChI is InChI=1S/C10H19NO4/c1-10(2,3)15-9(12)11(4)8-5-6-13-14-7-8/h8H,5-7H2,1-4H3. The van der Waals surface area contributed by atoms with Gasteiger partial charge in [0, 0.05) is 7.05 Å². The van der Waals surface area contributed by atoms with E-state index in [0.717, 1.165) is 6.42 Å². The van der Waals surface area contributed by atoms with Crippen molar-refractivity contribution in [2.24, 2.45) is 0 Å². The number of likely N-dealkylation sites (N-methyl/N-ethyl adjacent to an activating group) is 1. The minimum Gasteiger partial charge on any atom is -0.444 e. The monoisotopic (exact) mass is 217 g/mol. The zero-order valence-electron chi connectivity index (χ0n) is 9.78. The molecule has 0 bridgehead atoms. The van der Waals surface area contributed by atoms with Crippen LogP contribution in [0.1, 0.15) is 27.2 Å². The Kier molecular flexibility index (Phi) is 3.93. The van der Waals surface area contributed by atoms with Gasteiger partial charge in [0.05, 0.1) is 12.6 Å². The van der Waals surface area contributed by atoms with Crippen molar-refractivity contribution in [3.05, 3.63) is 0 Å². The fourth-order valence-corrected chi connectivity index (χ4v) is 1.24. The van der Waals surface area contributed by atoms with Crippen LogP contribution in [0.3, 0.4) is 0 Å². The van der Waals surface area contributed by atoms with Crippen molar-refractivity contribution >= 4 is 6.09 Å². The molecule has 1 atom stereocenters. The summed E-state index contributed by atoms with van der Waals surface area (Å²) in [5, 5.41) is 0. The molecule has 0 aromatic carbocycles. The number of hydrogen-bond acceptors (Lipinski definition) is 4. The number of nitrogens with zero attached hydrogens (tertiary/aromatic N) is 1. The lowest BCUT2D eigenvalue weighted by Gasteiger charge is -2.32. The van der Waals surface area contributed by atoms with Gasteiger partial charge in [0.1, 0.15) is 12.2 Å². The summed E-state index contributed by atoms with van der Waals surface area (Å²) in [5.41, 5.74) is -0.461. The average molecular weight is 217 g/mol. The Morgan fingerprint density at radius 3 is 2.53 bits per heavy atom. The van der Waals surface area contributed by atoms with Gasteiger partial charge < -0.3 is 9.64 Å². The maximum atomic E-state index is 11.7. The molecule has 1 fully saturated rings. The molecule has 0 aromatic rings. The molecule has 15 heavy (non-hydrogen) atoms. The summed E-state index contributed by atoms with van der Waals surface area (Å²) in [4.78, 5) is 22.8. The molecule has 5 heteroatoms. The van der Waals surface area contributed by atoms with Gasteiger partial charge in [0.15, 0.2) is 0 Å². The van der Waals surface area contributed by atoms with Gasteiger partial charge in [-0.2, -0.15) is 0 Å². The van der Waals surface area contributed by atoms with E-state index in [2.05, 4.69) is 0 Å². The molecule has 1 saturated heterocycles. The predicted octanol–water partition coefficient (Wildman–Crippen LogP) is 1.57.